The lowest BCUT2D eigenvalue weighted by Gasteiger charge is -2.27. The second-order valence-electron chi connectivity index (χ2n) is 3.89. The molecule has 2 heterocycles. The minimum atomic E-state index is -1.09. The Bertz CT molecular complexity index is 377. The van der Waals surface area contributed by atoms with E-state index in [1.54, 1.807) is 0 Å². The number of oxazole rings is 1. The zero-order valence-corrected chi connectivity index (χ0v) is 8.97. The molecule has 0 spiro atoms. The summed E-state index contributed by atoms with van der Waals surface area (Å²) in [5.74, 6) is -1.09. The zero-order valence-electron chi connectivity index (χ0n) is 8.97. The minimum Gasteiger partial charge on any atom is -0.476 e. The molecule has 1 aromatic heterocycles. The molecule has 1 saturated heterocycles. The Labute approximate surface area is 92.6 Å². The smallest absolute Gasteiger partial charge is 0.357 e. The molecule has 0 bridgehead atoms. The number of aromatic carboxylic acids is 1. The molecule has 6 heteroatoms. The van der Waals surface area contributed by atoms with Gasteiger partial charge in [-0.2, -0.15) is 4.98 Å². The molecule has 0 aliphatic carbocycles. The average Bonchev–Trinajstić information content (AvgIpc) is 2.66. The first-order chi connectivity index (χ1) is 7.65. The van der Waals surface area contributed by atoms with Crippen LogP contribution in [0.2, 0.25) is 0 Å². The zero-order chi connectivity index (χ0) is 11.5. The normalized spacial score (nSPS) is 25.3. The van der Waals surface area contributed by atoms with Gasteiger partial charge in [0.2, 0.25) is 0 Å². The topological polar surface area (TPSA) is 84.6 Å². The van der Waals surface area contributed by atoms with Crippen LogP contribution in [0.15, 0.2) is 10.7 Å². The monoisotopic (exact) mass is 226 g/mol. The molecule has 0 aromatic carbocycles. The van der Waals surface area contributed by atoms with Crippen LogP contribution in [0.5, 0.6) is 0 Å². The van der Waals surface area contributed by atoms with Gasteiger partial charge in [0.15, 0.2) is 5.69 Å². The lowest BCUT2D eigenvalue weighted by atomic mass is 10.1. The van der Waals surface area contributed by atoms with Gasteiger partial charge in [0, 0.05) is 12.6 Å². The van der Waals surface area contributed by atoms with Crippen molar-refractivity contribution in [2.75, 3.05) is 11.9 Å². The van der Waals surface area contributed by atoms with E-state index in [0.29, 0.717) is 6.61 Å². The van der Waals surface area contributed by atoms with Crippen molar-refractivity contribution < 1.29 is 19.1 Å². The summed E-state index contributed by atoms with van der Waals surface area (Å²) in [7, 11) is 0. The Morgan fingerprint density at radius 3 is 3.12 bits per heavy atom. The van der Waals surface area contributed by atoms with E-state index in [2.05, 4.69) is 10.3 Å². The highest BCUT2D eigenvalue weighted by atomic mass is 16.5. The Morgan fingerprint density at radius 1 is 1.69 bits per heavy atom. The van der Waals surface area contributed by atoms with Crippen LogP contribution < -0.4 is 5.32 Å². The predicted octanol–water partition coefficient (Wildman–Crippen LogP) is 1.35. The second-order valence-corrected chi connectivity index (χ2v) is 3.89. The average molecular weight is 226 g/mol. The first kappa shape index (κ1) is 10.9. The maximum atomic E-state index is 10.6. The highest BCUT2D eigenvalue weighted by molar-refractivity contribution is 5.85. The third-order valence-corrected chi connectivity index (χ3v) is 2.54. The van der Waals surface area contributed by atoms with Gasteiger partial charge in [-0.1, -0.05) is 0 Å². The lowest BCUT2D eigenvalue weighted by Crippen LogP contribution is -2.32. The number of anilines is 1. The summed E-state index contributed by atoms with van der Waals surface area (Å²) in [4.78, 5) is 14.4. The van der Waals surface area contributed by atoms with E-state index in [9.17, 15) is 4.79 Å². The predicted molar refractivity (Wildman–Crippen MR) is 55.5 cm³/mol. The van der Waals surface area contributed by atoms with Crippen molar-refractivity contribution in [3.63, 3.8) is 0 Å². The number of carboxylic acid groups (broad SMARTS) is 1. The number of carboxylic acids is 1. The minimum absolute atomic E-state index is 0.0809. The third kappa shape index (κ3) is 2.52. The Balaban J connectivity index is 1.95. The number of nitrogens with zero attached hydrogens (tertiary/aromatic N) is 1. The number of carbonyl (C=O) groups is 1. The molecule has 88 valence electrons. The standard InChI is InChI=1S/C10H14N2O4/c1-6-4-7(2-3-15-6)11-10-12-8(5-16-10)9(13)14/h5-7H,2-4H2,1H3,(H,11,12)(H,13,14). The highest BCUT2D eigenvalue weighted by Gasteiger charge is 2.21. The molecule has 16 heavy (non-hydrogen) atoms. The Morgan fingerprint density at radius 2 is 2.50 bits per heavy atom. The van der Waals surface area contributed by atoms with Crippen molar-refractivity contribution in [3.05, 3.63) is 12.0 Å². The number of hydrogen-bond acceptors (Lipinski definition) is 5. The van der Waals surface area contributed by atoms with E-state index in [1.807, 2.05) is 6.92 Å². The lowest BCUT2D eigenvalue weighted by molar-refractivity contribution is 0.0229. The largest absolute Gasteiger partial charge is 0.476 e. The maximum absolute atomic E-state index is 10.6. The first-order valence-electron chi connectivity index (χ1n) is 5.22. The quantitative estimate of drug-likeness (QED) is 0.809. The van der Waals surface area contributed by atoms with Crippen LogP contribution >= 0.6 is 0 Å². The number of hydrogen-bond donors (Lipinski definition) is 2. The molecule has 0 radical (unpaired) electrons. The Kier molecular flexibility index (Phi) is 3.09. The molecule has 2 N–H and O–H groups in total. The summed E-state index contributed by atoms with van der Waals surface area (Å²) < 4.78 is 10.4. The van der Waals surface area contributed by atoms with E-state index < -0.39 is 5.97 Å². The van der Waals surface area contributed by atoms with Gasteiger partial charge in [-0.05, 0) is 19.8 Å². The summed E-state index contributed by atoms with van der Waals surface area (Å²) >= 11 is 0. The van der Waals surface area contributed by atoms with E-state index in [1.165, 1.54) is 0 Å². The van der Waals surface area contributed by atoms with E-state index in [-0.39, 0.29) is 23.9 Å². The van der Waals surface area contributed by atoms with Crippen molar-refractivity contribution in [2.24, 2.45) is 0 Å². The fourth-order valence-corrected chi connectivity index (χ4v) is 1.74. The van der Waals surface area contributed by atoms with E-state index in [0.717, 1.165) is 19.1 Å². The maximum Gasteiger partial charge on any atom is 0.357 e. The highest BCUT2D eigenvalue weighted by Crippen LogP contribution is 2.18. The van der Waals surface area contributed by atoms with Crippen LogP contribution in [-0.4, -0.2) is 34.8 Å². The van der Waals surface area contributed by atoms with Gasteiger partial charge in [-0.3, -0.25) is 0 Å². The summed E-state index contributed by atoms with van der Waals surface area (Å²) in [5.41, 5.74) is -0.0809. The number of nitrogens with one attached hydrogen (secondary N) is 1. The number of aromatic nitrogens is 1. The molecular formula is C10H14N2O4. The van der Waals surface area contributed by atoms with Gasteiger partial charge in [0.25, 0.3) is 6.01 Å². The SMILES string of the molecule is CC1CC(Nc2nc(C(=O)O)co2)CCO1. The van der Waals surface area contributed by atoms with Gasteiger partial charge in [-0.25, -0.2) is 4.79 Å². The molecule has 1 fully saturated rings. The molecule has 1 aliphatic rings. The van der Waals surface area contributed by atoms with Crippen LogP contribution in [0.4, 0.5) is 6.01 Å². The first-order valence-corrected chi connectivity index (χ1v) is 5.22. The summed E-state index contributed by atoms with van der Waals surface area (Å²) in [6, 6.07) is 0.487. The molecule has 0 amide bonds. The van der Waals surface area contributed by atoms with Crippen LogP contribution in [0.3, 0.4) is 0 Å². The Hall–Kier alpha value is -1.56. The fraction of sp³-hybridized carbons (Fsp3) is 0.600. The van der Waals surface area contributed by atoms with Gasteiger partial charge < -0.3 is 19.6 Å². The molecule has 2 rings (SSSR count). The van der Waals surface area contributed by atoms with Gasteiger partial charge in [-0.15, -0.1) is 0 Å². The van der Waals surface area contributed by atoms with Crippen LogP contribution in [0.25, 0.3) is 0 Å². The molecule has 2 atom stereocenters. The molecule has 1 aromatic rings. The summed E-state index contributed by atoms with van der Waals surface area (Å²) in [5, 5.41) is 11.7. The van der Waals surface area contributed by atoms with Gasteiger partial charge >= 0.3 is 5.97 Å². The van der Waals surface area contributed by atoms with E-state index in [4.69, 9.17) is 14.3 Å². The molecule has 0 saturated carbocycles. The molecule has 2 unspecified atom stereocenters. The third-order valence-electron chi connectivity index (χ3n) is 2.54. The van der Waals surface area contributed by atoms with Gasteiger partial charge in [0.1, 0.15) is 6.26 Å². The van der Waals surface area contributed by atoms with Crippen LogP contribution in [0.1, 0.15) is 30.3 Å². The van der Waals surface area contributed by atoms with Crippen LogP contribution in [0, 0.1) is 0 Å². The molecule has 6 nitrogen and oxygen atoms in total. The van der Waals surface area contributed by atoms with Crippen molar-refractivity contribution in [3.8, 4) is 0 Å². The van der Waals surface area contributed by atoms with Crippen molar-refractivity contribution in [2.45, 2.75) is 31.9 Å². The molecular weight excluding hydrogens is 212 g/mol. The van der Waals surface area contributed by atoms with Crippen molar-refractivity contribution in [1.82, 2.24) is 4.98 Å². The molecule has 1 aliphatic heterocycles. The van der Waals surface area contributed by atoms with Gasteiger partial charge in [0.05, 0.1) is 6.10 Å². The number of ether oxygens (including phenoxy) is 1. The second kappa shape index (κ2) is 4.52. The number of rotatable bonds is 3. The van der Waals surface area contributed by atoms with Crippen LogP contribution in [-0.2, 0) is 4.74 Å². The summed E-state index contributed by atoms with van der Waals surface area (Å²) in [6.45, 7) is 2.71. The van der Waals surface area contributed by atoms with Crippen molar-refractivity contribution >= 4 is 12.0 Å². The summed E-state index contributed by atoms with van der Waals surface area (Å²) in [6.07, 6.45) is 3.08. The fourth-order valence-electron chi connectivity index (χ4n) is 1.74. The van der Waals surface area contributed by atoms with E-state index >= 15 is 0 Å². The van der Waals surface area contributed by atoms with Crippen molar-refractivity contribution in [1.29, 1.82) is 0 Å².